The molecule has 1 saturated heterocycles. The Hall–Kier alpha value is -2.24. The number of benzene rings is 2. The fourth-order valence-corrected chi connectivity index (χ4v) is 4.62. The molecule has 1 fully saturated rings. The Labute approximate surface area is 186 Å². The van der Waals surface area contributed by atoms with Crippen LogP contribution in [-0.4, -0.2) is 55.6 Å². The molecule has 2 unspecified atom stereocenters. The largest absolute Gasteiger partial charge is 0.383 e. The molecule has 1 heterocycles. The minimum atomic E-state index is -0.207. The number of rotatable bonds is 9. The van der Waals surface area contributed by atoms with E-state index < -0.39 is 0 Å². The van der Waals surface area contributed by atoms with Crippen LogP contribution in [0, 0.1) is 24.6 Å². The van der Waals surface area contributed by atoms with E-state index in [-0.39, 0.29) is 17.6 Å². The smallest absolute Gasteiger partial charge is 0.225 e. The Kier molecular flexibility index (Phi) is 8.22. The minimum Gasteiger partial charge on any atom is -0.383 e. The number of likely N-dealkylation sites (tertiary alicyclic amines) is 1. The monoisotopic (exact) mass is 426 g/mol. The van der Waals surface area contributed by atoms with Gasteiger partial charge in [-0.1, -0.05) is 50.2 Å². The van der Waals surface area contributed by atoms with Gasteiger partial charge in [0.25, 0.3) is 0 Å². The molecule has 168 valence electrons. The van der Waals surface area contributed by atoms with Crippen molar-refractivity contribution in [3.8, 4) is 0 Å². The summed E-state index contributed by atoms with van der Waals surface area (Å²) in [4.78, 5) is 17.3. The van der Waals surface area contributed by atoms with E-state index in [1.807, 2.05) is 30.9 Å². The molecule has 0 aliphatic carbocycles. The predicted molar refractivity (Wildman–Crippen MR) is 122 cm³/mol. The van der Waals surface area contributed by atoms with E-state index in [1.54, 1.807) is 7.11 Å². The molecule has 5 heteroatoms. The van der Waals surface area contributed by atoms with Gasteiger partial charge in [0.15, 0.2) is 0 Å². The van der Waals surface area contributed by atoms with Crippen molar-refractivity contribution in [3.63, 3.8) is 0 Å². The first-order valence-electron chi connectivity index (χ1n) is 11.2. The third-order valence-corrected chi connectivity index (χ3v) is 6.25. The van der Waals surface area contributed by atoms with E-state index in [2.05, 4.69) is 36.1 Å². The highest BCUT2D eigenvalue weighted by molar-refractivity contribution is 5.78. The van der Waals surface area contributed by atoms with Crippen molar-refractivity contribution in [1.29, 1.82) is 0 Å². The van der Waals surface area contributed by atoms with Gasteiger partial charge in [0, 0.05) is 51.7 Å². The van der Waals surface area contributed by atoms with Gasteiger partial charge in [0.05, 0.1) is 6.61 Å². The van der Waals surface area contributed by atoms with Gasteiger partial charge < -0.3 is 9.64 Å². The predicted octanol–water partition coefficient (Wildman–Crippen LogP) is 4.48. The summed E-state index contributed by atoms with van der Waals surface area (Å²) in [6.45, 7) is 10.6. The van der Waals surface area contributed by atoms with E-state index in [1.165, 1.54) is 23.3 Å². The minimum absolute atomic E-state index is 0.0366. The number of methoxy groups -OCH3 is 1. The average Bonchev–Trinajstić information content (AvgIpc) is 3.14. The zero-order valence-corrected chi connectivity index (χ0v) is 19.2. The number of carbonyl (C=O) groups excluding carboxylic acids is 1. The zero-order valence-electron chi connectivity index (χ0n) is 19.2. The average molecular weight is 427 g/mol. The van der Waals surface area contributed by atoms with Crippen LogP contribution in [0.5, 0.6) is 0 Å². The second-order valence-electron chi connectivity index (χ2n) is 8.98. The topological polar surface area (TPSA) is 32.8 Å². The van der Waals surface area contributed by atoms with Crippen LogP contribution in [0.25, 0.3) is 0 Å². The number of ether oxygens (including phenoxy) is 1. The van der Waals surface area contributed by atoms with Gasteiger partial charge in [-0.05, 0) is 41.7 Å². The molecule has 2 aromatic rings. The van der Waals surface area contributed by atoms with Crippen molar-refractivity contribution in [1.82, 2.24) is 9.80 Å². The fourth-order valence-electron chi connectivity index (χ4n) is 4.62. The van der Waals surface area contributed by atoms with Crippen molar-refractivity contribution in [2.45, 2.75) is 33.2 Å². The first-order chi connectivity index (χ1) is 14.9. The summed E-state index contributed by atoms with van der Waals surface area (Å²) < 4.78 is 18.6. The number of carbonyl (C=O) groups is 1. The van der Waals surface area contributed by atoms with Gasteiger partial charge in [-0.15, -0.1) is 0 Å². The summed E-state index contributed by atoms with van der Waals surface area (Å²) in [5, 5.41) is 0. The van der Waals surface area contributed by atoms with E-state index in [0.717, 1.165) is 31.7 Å². The Bertz CT molecular complexity index is 853. The van der Waals surface area contributed by atoms with Crippen molar-refractivity contribution in [3.05, 3.63) is 71.0 Å². The standard InChI is InChI=1S/C26H35FN2O2/c1-19(2)26(30)29(13-14-31-4)17-22-16-28(15-21-9-11-23(27)12-10-21)18-25(22)24-8-6-5-7-20(24)3/h5-12,19,22,25H,13-18H2,1-4H3. The van der Waals surface area contributed by atoms with E-state index in [0.29, 0.717) is 25.0 Å². The molecular formula is C26H35FN2O2. The van der Waals surface area contributed by atoms with Gasteiger partial charge in [0.2, 0.25) is 5.91 Å². The summed E-state index contributed by atoms with van der Waals surface area (Å²) in [7, 11) is 1.67. The molecular weight excluding hydrogens is 391 g/mol. The van der Waals surface area contributed by atoms with Crippen LogP contribution < -0.4 is 0 Å². The van der Waals surface area contributed by atoms with E-state index in [4.69, 9.17) is 4.74 Å². The summed E-state index contributed by atoms with van der Waals surface area (Å²) in [5.74, 6) is 0.623. The first kappa shape index (κ1) is 23.4. The van der Waals surface area contributed by atoms with Gasteiger partial charge in [-0.25, -0.2) is 4.39 Å². The molecule has 0 saturated carbocycles. The molecule has 1 amide bonds. The lowest BCUT2D eigenvalue weighted by atomic mass is 9.86. The highest BCUT2D eigenvalue weighted by Gasteiger charge is 2.36. The van der Waals surface area contributed by atoms with Crippen molar-refractivity contribution >= 4 is 5.91 Å². The molecule has 1 aliphatic rings. The highest BCUT2D eigenvalue weighted by Crippen LogP contribution is 2.36. The third kappa shape index (κ3) is 6.14. The Morgan fingerprint density at radius 3 is 2.52 bits per heavy atom. The first-order valence-corrected chi connectivity index (χ1v) is 11.2. The number of nitrogens with zero attached hydrogens (tertiary/aromatic N) is 2. The molecule has 3 rings (SSSR count). The Balaban J connectivity index is 1.81. The third-order valence-electron chi connectivity index (χ3n) is 6.25. The zero-order chi connectivity index (χ0) is 22.4. The van der Waals surface area contributed by atoms with Crippen LogP contribution in [0.15, 0.2) is 48.5 Å². The van der Waals surface area contributed by atoms with Crippen LogP contribution in [0.2, 0.25) is 0 Å². The van der Waals surface area contributed by atoms with E-state index in [9.17, 15) is 9.18 Å². The number of amides is 1. The molecule has 2 atom stereocenters. The highest BCUT2D eigenvalue weighted by atomic mass is 19.1. The fraction of sp³-hybridized carbons (Fsp3) is 0.500. The molecule has 0 N–H and O–H groups in total. The molecule has 4 nitrogen and oxygen atoms in total. The second kappa shape index (κ2) is 10.9. The van der Waals surface area contributed by atoms with Gasteiger partial charge in [-0.3, -0.25) is 9.69 Å². The van der Waals surface area contributed by atoms with Gasteiger partial charge >= 0.3 is 0 Å². The normalized spacial score (nSPS) is 19.2. The SMILES string of the molecule is COCCN(CC1CN(Cc2ccc(F)cc2)CC1c1ccccc1C)C(=O)C(C)C. The number of aryl methyl sites for hydroxylation is 1. The molecule has 1 aliphatic heterocycles. The number of hydrogen-bond acceptors (Lipinski definition) is 3. The maximum atomic E-state index is 13.3. The Morgan fingerprint density at radius 2 is 1.87 bits per heavy atom. The maximum Gasteiger partial charge on any atom is 0.225 e. The molecule has 0 aromatic heterocycles. The summed E-state index contributed by atoms with van der Waals surface area (Å²) >= 11 is 0. The lowest BCUT2D eigenvalue weighted by Gasteiger charge is -2.30. The van der Waals surface area contributed by atoms with Crippen LogP contribution in [0.3, 0.4) is 0 Å². The molecule has 0 radical (unpaired) electrons. The van der Waals surface area contributed by atoms with Gasteiger partial charge in [-0.2, -0.15) is 0 Å². The van der Waals surface area contributed by atoms with Crippen LogP contribution in [0.1, 0.15) is 36.5 Å². The van der Waals surface area contributed by atoms with Crippen molar-refractivity contribution < 1.29 is 13.9 Å². The summed E-state index contributed by atoms with van der Waals surface area (Å²) in [5.41, 5.74) is 3.76. The number of hydrogen-bond donors (Lipinski definition) is 0. The quantitative estimate of drug-likeness (QED) is 0.593. The summed E-state index contributed by atoms with van der Waals surface area (Å²) in [6, 6.07) is 15.3. The van der Waals surface area contributed by atoms with Crippen molar-refractivity contribution in [2.24, 2.45) is 11.8 Å². The van der Waals surface area contributed by atoms with Crippen molar-refractivity contribution in [2.75, 3.05) is 39.9 Å². The van der Waals surface area contributed by atoms with Gasteiger partial charge in [0.1, 0.15) is 5.82 Å². The maximum absolute atomic E-state index is 13.3. The van der Waals surface area contributed by atoms with Crippen LogP contribution in [0.4, 0.5) is 4.39 Å². The lowest BCUT2D eigenvalue weighted by molar-refractivity contribution is -0.135. The molecule has 31 heavy (non-hydrogen) atoms. The van der Waals surface area contributed by atoms with Crippen LogP contribution in [-0.2, 0) is 16.1 Å². The van der Waals surface area contributed by atoms with E-state index >= 15 is 0 Å². The molecule has 2 aromatic carbocycles. The molecule has 0 bridgehead atoms. The van der Waals surface area contributed by atoms with Crippen LogP contribution >= 0.6 is 0 Å². The molecule has 0 spiro atoms. The second-order valence-corrected chi connectivity index (χ2v) is 8.98. The summed E-state index contributed by atoms with van der Waals surface area (Å²) in [6.07, 6.45) is 0. The lowest BCUT2D eigenvalue weighted by Crippen LogP contribution is -2.41. The number of halogens is 1. The Morgan fingerprint density at radius 1 is 1.16 bits per heavy atom.